The number of benzene rings is 1. The standard InChI is InChI=1S/C23H20F2N2O5S/c1-4-22(3,14-6-7-15-16(10-14)32-23(24,25)31-15)21(30)27-18-8-5-12(2)19(26-18)17-9-13(11-33-17)20(28)29/h5-11H,4H2,1-3H3,(H,28,29)(H,26,27,30). The number of nitrogens with one attached hydrogen (secondary N) is 1. The number of hydrogen-bond acceptors (Lipinski definition) is 6. The molecule has 0 aliphatic carbocycles. The normalized spacial score (nSPS) is 15.7. The lowest BCUT2D eigenvalue weighted by atomic mass is 9.79. The molecule has 10 heteroatoms. The van der Waals surface area contributed by atoms with Crippen LogP contribution in [0.1, 0.15) is 41.8 Å². The Morgan fingerprint density at radius 1 is 1.18 bits per heavy atom. The molecule has 2 N–H and O–H groups in total. The van der Waals surface area contributed by atoms with Gasteiger partial charge in [-0.15, -0.1) is 20.1 Å². The zero-order chi connectivity index (χ0) is 24.0. The Kier molecular flexibility index (Phi) is 5.57. The first kappa shape index (κ1) is 22.7. The van der Waals surface area contributed by atoms with Crippen molar-refractivity contribution in [1.29, 1.82) is 0 Å². The summed E-state index contributed by atoms with van der Waals surface area (Å²) < 4.78 is 35.7. The number of anilines is 1. The highest BCUT2D eigenvalue weighted by Crippen LogP contribution is 2.44. The molecule has 0 bridgehead atoms. The first-order valence-electron chi connectivity index (χ1n) is 10.0. The van der Waals surface area contributed by atoms with Crippen molar-refractivity contribution < 1.29 is 33.0 Å². The number of carboxylic acids is 1. The summed E-state index contributed by atoms with van der Waals surface area (Å²) in [6, 6.07) is 9.26. The van der Waals surface area contributed by atoms with Gasteiger partial charge in [0.2, 0.25) is 5.91 Å². The third-order valence-electron chi connectivity index (χ3n) is 5.67. The van der Waals surface area contributed by atoms with Crippen molar-refractivity contribution in [3.05, 3.63) is 58.5 Å². The molecule has 0 radical (unpaired) electrons. The van der Waals surface area contributed by atoms with Gasteiger partial charge in [-0.2, -0.15) is 0 Å². The summed E-state index contributed by atoms with van der Waals surface area (Å²) in [6.07, 6.45) is -3.36. The van der Waals surface area contributed by atoms with Gasteiger partial charge in [0.15, 0.2) is 11.5 Å². The van der Waals surface area contributed by atoms with E-state index in [2.05, 4.69) is 19.8 Å². The number of fused-ring (bicyclic) bond motifs is 1. The van der Waals surface area contributed by atoms with Gasteiger partial charge >= 0.3 is 12.3 Å². The molecule has 1 aromatic carbocycles. The highest BCUT2D eigenvalue weighted by Gasteiger charge is 2.44. The number of aryl methyl sites for hydroxylation is 1. The van der Waals surface area contributed by atoms with Crippen molar-refractivity contribution in [3.8, 4) is 22.1 Å². The van der Waals surface area contributed by atoms with Gasteiger partial charge in [-0.1, -0.05) is 19.1 Å². The zero-order valence-corrected chi connectivity index (χ0v) is 18.8. The van der Waals surface area contributed by atoms with Gasteiger partial charge in [-0.25, -0.2) is 9.78 Å². The minimum absolute atomic E-state index is 0.0934. The predicted molar refractivity (Wildman–Crippen MR) is 118 cm³/mol. The van der Waals surface area contributed by atoms with Gasteiger partial charge in [0, 0.05) is 5.38 Å². The number of thiophene rings is 1. The van der Waals surface area contributed by atoms with E-state index < -0.39 is 17.7 Å². The van der Waals surface area contributed by atoms with Gasteiger partial charge < -0.3 is 19.9 Å². The molecule has 1 aliphatic heterocycles. The Balaban J connectivity index is 1.61. The van der Waals surface area contributed by atoms with E-state index in [0.717, 1.165) is 5.56 Å². The molecule has 1 atom stereocenters. The third-order valence-corrected chi connectivity index (χ3v) is 6.60. The molecule has 3 aromatic rings. The van der Waals surface area contributed by atoms with Crippen molar-refractivity contribution in [1.82, 2.24) is 4.98 Å². The number of amides is 1. The highest BCUT2D eigenvalue weighted by atomic mass is 32.1. The van der Waals surface area contributed by atoms with Crippen LogP contribution in [-0.4, -0.2) is 28.3 Å². The van der Waals surface area contributed by atoms with Crippen LogP contribution in [0.2, 0.25) is 0 Å². The van der Waals surface area contributed by atoms with Gasteiger partial charge in [-0.3, -0.25) is 4.79 Å². The average Bonchev–Trinajstić information content (AvgIpc) is 3.37. The van der Waals surface area contributed by atoms with Crippen molar-refractivity contribution in [2.75, 3.05) is 5.32 Å². The SMILES string of the molecule is CCC(C)(C(=O)Nc1ccc(C)c(-c2cc(C(=O)O)cs2)n1)c1ccc2c(c1)OC(F)(F)O2. The van der Waals surface area contributed by atoms with E-state index in [0.29, 0.717) is 22.6 Å². The molecule has 1 aliphatic rings. The molecule has 0 fully saturated rings. The maximum atomic E-state index is 13.4. The number of ether oxygens (including phenoxy) is 2. The van der Waals surface area contributed by atoms with Crippen molar-refractivity contribution in [2.24, 2.45) is 0 Å². The molecule has 33 heavy (non-hydrogen) atoms. The number of nitrogens with zero attached hydrogens (tertiary/aromatic N) is 1. The molecule has 0 saturated carbocycles. The second-order valence-electron chi connectivity index (χ2n) is 7.84. The Hall–Kier alpha value is -3.53. The maximum absolute atomic E-state index is 13.4. The first-order valence-corrected chi connectivity index (χ1v) is 10.9. The molecule has 0 spiro atoms. The quantitative estimate of drug-likeness (QED) is 0.493. The number of aromatic carboxylic acids is 1. The molecular weight excluding hydrogens is 454 g/mol. The van der Waals surface area contributed by atoms with Gasteiger partial charge in [-0.05, 0) is 55.7 Å². The van der Waals surface area contributed by atoms with Crippen LogP contribution in [0, 0.1) is 6.92 Å². The Labute approximate surface area is 192 Å². The van der Waals surface area contributed by atoms with E-state index in [9.17, 15) is 23.5 Å². The molecule has 0 saturated heterocycles. The molecule has 172 valence electrons. The Morgan fingerprint density at radius 2 is 1.91 bits per heavy atom. The summed E-state index contributed by atoms with van der Waals surface area (Å²) in [6.45, 7) is 5.35. The maximum Gasteiger partial charge on any atom is 0.586 e. The third kappa shape index (κ3) is 4.25. The first-order chi connectivity index (χ1) is 15.5. The van der Waals surface area contributed by atoms with E-state index in [1.807, 2.05) is 13.8 Å². The minimum atomic E-state index is -3.74. The lowest BCUT2D eigenvalue weighted by Crippen LogP contribution is -2.37. The lowest BCUT2D eigenvalue weighted by Gasteiger charge is -2.27. The van der Waals surface area contributed by atoms with Crippen molar-refractivity contribution >= 4 is 29.0 Å². The highest BCUT2D eigenvalue weighted by molar-refractivity contribution is 7.13. The summed E-state index contributed by atoms with van der Waals surface area (Å²) in [5.41, 5.74) is 0.968. The van der Waals surface area contributed by atoms with Crippen LogP contribution in [0.5, 0.6) is 11.5 Å². The van der Waals surface area contributed by atoms with E-state index in [-0.39, 0.29) is 28.8 Å². The minimum Gasteiger partial charge on any atom is -0.478 e. The molecule has 1 amide bonds. The summed E-state index contributed by atoms with van der Waals surface area (Å²) in [5.74, 6) is -1.34. The van der Waals surface area contributed by atoms with Crippen LogP contribution in [-0.2, 0) is 10.2 Å². The van der Waals surface area contributed by atoms with E-state index in [4.69, 9.17) is 0 Å². The fourth-order valence-corrected chi connectivity index (χ4v) is 4.40. The number of rotatable bonds is 6. The van der Waals surface area contributed by atoms with Crippen molar-refractivity contribution in [2.45, 2.75) is 38.9 Å². The monoisotopic (exact) mass is 474 g/mol. The number of halogens is 2. The van der Waals surface area contributed by atoms with Crippen LogP contribution < -0.4 is 14.8 Å². The fraction of sp³-hybridized carbons (Fsp3) is 0.261. The second-order valence-corrected chi connectivity index (χ2v) is 8.75. The van der Waals surface area contributed by atoms with E-state index in [1.165, 1.54) is 34.9 Å². The van der Waals surface area contributed by atoms with Crippen LogP contribution in [0.3, 0.4) is 0 Å². The molecule has 3 heterocycles. The number of carboxylic acid groups (broad SMARTS) is 1. The van der Waals surface area contributed by atoms with E-state index in [1.54, 1.807) is 25.1 Å². The summed E-state index contributed by atoms with van der Waals surface area (Å²) in [5, 5.41) is 13.5. The van der Waals surface area contributed by atoms with Gasteiger partial charge in [0.05, 0.1) is 21.5 Å². The van der Waals surface area contributed by atoms with Gasteiger partial charge in [0.25, 0.3) is 0 Å². The summed E-state index contributed by atoms with van der Waals surface area (Å²) in [4.78, 5) is 29.6. The number of carbonyl (C=O) groups excluding carboxylic acids is 1. The number of alkyl halides is 2. The smallest absolute Gasteiger partial charge is 0.478 e. The summed E-state index contributed by atoms with van der Waals surface area (Å²) >= 11 is 1.25. The molecule has 2 aromatic heterocycles. The Morgan fingerprint density at radius 3 is 2.58 bits per heavy atom. The largest absolute Gasteiger partial charge is 0.586 e. The summed E-state index contributed by atoms with van der Waals surface area (Å²) in [7, 11) is 0. The molecule has 4 rings (SSSR count). The van der Waals surface area contributed by atoms with Crippen LogP contribution in [0.4, 0.5) is 14.6 Å². The number of carbonyl (C=O) groups is 2. The van der Waals surface area contributed by atoms with E-state index >= 15 is 0 Å². The van der Waals surface area contributed by atoms with Crippen LogP contribution in [0.15, 0.2) is 41.8 Å². The molecule has 7 nitrogen and oxygen atoms in total. The molecule has 1 unspecified atom stereocenters. The van der Waals surface area contributed by atoms with Crippen LogP contribution in [0.25, 0.3) is 10.6 Å². The van der Waals surface area contributed by atoms with Crippen LogP contribution >= 0.6 is 11.3 Å². The topological polar surface area (TPSA) is 97.8 Å². The van der Waals surface area contributed by atoms with Crippen molar-refractivity contribution in [3.63, 3.8) is 0 Å². The fourth-order valence-electron chi connectivity index (χ4n) is 3.46. The molecular formula is C23H20F2N2O5S. The lowest BCUT2D eigenvalue weighted by molar-refractivity contribution is -0.286. The number of aromatic nitrogens is 1. The zero-order valence-electron chi connectivity index (χ0n) is 17.9. The number of hydrogen-bond donors (Lipinski definition) is 2. The Bertz CT molecular complexity index is 1260. The number of pyridine rings is 1. The average molecular weight is 474 g/mol. The second kappa shape index (κ2) is 8.11. The van der Waals surface area contributed by atoms with Gasteiger partial charge in [0.1, 0.15) is 5.82 Å². The predicted octanol–water partition coefficient (Wildman–Crippen LogP) is 5.44.